The molecule has 0 aliphatic heterocycles. The number of benzene rings is 2. The van der Waals surface area contributed by atoms with E-state index in [4.69, 9.17) is 21.1 Å². The molecule has 1 atom stereocenters. The van der Waals surface area contributed by atoms with Crippen LogP contribution in [0.5, 0.6) is 11.5 Å². The van der Waals surface area contributed by atoms with Crippen molar-refractivity contribution in [3.63, 3.8) is 0 Å². The van der Waals surface area contributed by atoms with E-state index in [1.165, 1.54) is 14.2 Å². The van der Waals surface area contributed by atoms with E-state index in [2.05, 4.69) is 5.32 Å². The highest BCUT2D eigenvalue weighted by Crippen LogP contribution is 2.29. The summed E-state index contributed by atoms with van der Waals surface area (Å²) in [6, 6.07) is 10.3. The first-order valence-corrected chi connectivity index (χ1v) is 10.7. The standard InChI is InChI=1S/C19H23ClN2O5S/c1-5-17(19(23)21-13-6-11-18(27-3)16(20)12-13)22(28(4,24)25)14-7-9-15(26-2)10-8-14/h6-12,17H,5H2,1-4H3,(H,21,23)/t17-/m0/s1. The minimum Gasteiger partial charge on any atom is -0.497 e. The van der Waals surface area contributed by atoms with E-state index >= 15 is 0 Å². The quantitative estimate of drug-likeness (QED) is 0.697. The molecule has 0 saturated heterocycles. The molecule has 0 unspecified atom stereocenters. The maximum Gasteiger partial charge on any atom is 0.248 e. The zero-order chi connectivity index (χ0) is 20.9. The molecule has 2 aromatic carbocycles. The average Bonchev–Trinajstić information content (AvgIpc) is 2.65. The molecule has 152 valence electrons. The fourth-order valence-corrected chi connectivity index (χ4v) is 4.23. The number of amides is 1. The Morgan fingerprint density at radius 1 is 1.14 bits per heavy atom. The van der Waals surface area contributed by atoms with Gasteiger partial charge in [0.15, 0.2) is 0 Å². The second kappa shape index (κ2) is 9.16. The maximum absolute atomic E-state index is 12.9. The van der Waals surface area contributed by atoms with Crippen molar-refractivity contribution in [3.05, 3.63) is 47.5 Å². The lowest BCUT2D eigenvalue weighted by molar-refractivity contribution is -0.117. The lowest BCUT2D eigenvalue weighted by atomic mass is 10.1. The van der Waals surface area contributed by atoms with E-state index in [0.29, 0.717) is 27.9 Å². The van der Waals surface area contributed by atoms with Crippen LogP contribution in [0.25, 0.3) is 0 Å². The minimum absolute atomic E-state index is 0.273. The third kappa shape index (κ3) is 5.08. The summed E-state index contributed by atoms with van der Waals surface area (Å²) in [7, 11) is -0.708. The van der Waals surface area contributed by atoms with Gasteiger partial charge in [-0.3, -0.25) is 9.10 Å². The molecule has 0 aromatic heterocycles. The average molecular weight is 427 g/mol. The number of carbonyl (C=O) groups excluding carboxylic acids is 1. The van der Waals surface area contributed by atoms with Crippen molar-refractivity contribution in [2.45, 2.75) is 19.4 Å². The van der Waals surface area contributed by atoms with Crippen LogP contribution in [0.2, 0.25) is 5.02 Å². The third-order valence-corrected chi connectivity index (χ3v) is 5.55. The summed E-state index contributed by atoms with van der Waals surface area (Å²) in [6.07, 6.45) is 1.34. The summed E-state index contributed by atoms with van der Waals surface area (Å²) in [6.45, 7) is 1.74. The summed E-state index contributed by atoms with van der Waals surface area (Å²) in [5.74, 6) is 0.593. The molecular weight excluding hydrogens is 404 g/mol. The molecule has 0 saturated carbocycles. The van der Waals surface area contributed by atoms with E-state index in [-0.39, 0.29) is 6.42 Å². The van der Waals surface area contributed by atoms with Crippen LogP contribution in [-0.2, 0) is 14.8 Å². The molecule has 0 bridgehead atoms. The zero-order valence-electron chi connectivity index (χ0n) is 16.1. The fraction of sp³-hybridized carbons (Fsp3) is 0.316. The van der Waals surface area contributed by atoms with Gasteiger partial charge in [0.05, 0.1) is 31.2 Å². The summed E-state index contributed by atoms with van der Waals surface area (Å²) >= 11 is 6.09. The van der Waals surface area contributed by atoms with Crippen molar-refractivity contribution in [2.75, 3.05) is 30.1 Å². The second-order valence-corrected chi connectivity index (χ2v) is 8.29. The Kier molecular flexibility index (Phi) is 7.15. The second-order valence-electron chi connectivity index (χ2n) is 6.02. The van der Waals surface area contributed by atoms with Crippen molar-refractivity contribution < 1.29 is 22.7 Å². The predicted octanol–water partition coefficient (Wildman–Crippen LogP) is 3.54. The number of carbonyl (C=O) groups is 1. The predicted molar refractivity (Wildman–Crippen MR) is 111 cm³/mol. The molecular formula is C19H23ClN2O5S. The van der Waals surface area contributed by atoms with Crippen LogP contribution in [-0.4, -0.2) is 40.8 Å². The number of nitrogens with one attached hydrogen (secondary N) is 1. The van der Waals surface area contributed by atoms with Gasteiger partial charge in [-0.25, -0.2) is 8.42 Å². The topological polar surface area (TPSA) is 84.9 Å². The summed E-state index contributed by atoms with van der Waals surface area (Å²) < 4.78 is 36.2. The van der Waals surface area contributed by atoms with E-state index in [1.807, 2.05) is 0 Å². The molecule has 0 spiro atoms. The molecule has 0 aliphatic rings. The van der Waals surface area contributed by atoms with Crippen LogP contribution < -0.4 is 19.1 Å². The van der Waals surface area contributed by atoms with Crippen molar-refractivity contribution in [3.8, 4) is 11.5 Å². The van der Waals surface area contributed by atoms with Crippen LogP contribution >= 0.6 is 11.6 Å². The number of hydrogen-bond donors (Lipinski definition) is 1. The summed E-state index contributed by atoms with van der Waals surface area (Å²) in [5.41, 5.74) is 0.815. The highest BCUT2D eigenvalue weighted by molar-refractivity contribution is 7.92. The fourth-order valence-electron chi connectivity index (χ4n) is 2.76. The first-order chi connectivity index (χ1) is 13.2. The van der Waals surface area contributed by atoms with Gasteiger partial charge in [0.25, 0.3) is 0 Å². The number of hydrogen-bond acceptors (Lipinski definition) is 5. The van der Waals surface area contributed by atoms with E-state index < -0.39 is 22.0 Å². The van der Waals surface area contributed by atoms with Gasteiger partial charge in [-0.05, 0) is 48.9 Å². The molecule has 7 nitrogen and oxygen atoms in total. The molecule has 1 amide bonds. The van der Waals surface area contributed by atoms with Crippen molar-refractivity contribution in [2.24, 2.45) is 0 Å². The summed E-state index contributed by atoms with van der Waals surface area (Å²) in [5, 5.41) is 3.06. The normalized spacial score (nSPS) is 12.2. The molecule has 0 fully saturated rings. The Morgan fingerprint density at radius 2 is 1.79 bits per heavy atom. The number of anilines is 2. The van der Waals surface area contributed by atoms with Crippen molar-refractivity contribution >= 4 is 38.9 Å². The molecule has 9 heteroatoms. The zero-order valence-corrected chi connectivity index (χ0v) is 17.7. The monoisotopic (exact) mass is 426 g/mol. The number of rotatable bonds is 8. The first-order valence-electron chi connectivity index (χ1n) is 8.49. The molecule has 1 N–H and O–H groups in total. The van der Waals surface area contributed by atoms with E-state index in [9.17, 15) is 13.2 Å². The van der Waals surface area contributed by atoms with Crippen molar-refractivity contribution in [1.82, 2.24) is 0 Å². The number of halogens is 1. The van der Waals surface area contributed by atoms with Crippen LogP contribution in [0.4, 0.5) is 11.4 Å². The van der Waals surface area contributed by atoms with E-state index in [0.717, 1.165) is 10.6 Å². The number of methoxy groups -OCH3 is 2. The largest absolute Gasteiger partial charge is 0.497 e. The summed E-state index contributed by atoms with van der Waals surface area (Å²) in [4.78, 5) is 12.9. The number of sulfonamides is 1. The minimum atomic E-state index is -3.72. The Labute approximate surface area is 170 Å². The molecule has 0 radical (unpaired) electrons. The molecule has 2 rings (SSSR count). The Bertz CT molecular complexity index is 932. The van der Waals surface area contributed by atoms with Gasteiger partial charge in [-0.15, -0.1) is 0 Å². The first kappa shape index (κ1) is 21.8. The Balaban J connectivity index is 2.34. The molecule has 0 heterocycles. The van der Waals surface area contributed by atoms with Gasteiger partial charge in [-0.2, -0.15) is 0 Å². The van der Waals surface area contributed by atoms with Crippen LogP contribution in [0, 0.1) is 0 Å². The van der Waals surface area contributed by atoms with Gasteiger partial charge in [0.2, 0.25) is 15.9 Å². The van der Waals surface area contributed by atoms with Gasteiger partial charge < -0.3 is 14.8 Å². The Hall–Kier alpha value is -2.45. The van der Waals surface area contributed by atoms with Crippen molar-refractivity contribution in [1.29, 1.82) is 0 Å². The number of ether oxygens (including phenoxy) is 2. The van der Waals surface area contributed by atoms with E-state index in [1.54, 1.807) is 49.4 Å². The smallest absolute Gasteiger partial charge is 0.248 e. The van der Waals surface area contributed by atoms with Crippen LogP contribution in [0.1, 0.15) is 13.3 Å². The maximum atomic E-state index is 12.9. The SMILES string of the molecule is CC[C@@H](C(=O)Nc1ccc(OC)c(Cl)c1)N(c1ccc(OC)cc1)S(C)(=O)=O. The molecule has 2 aromatic rings. The highest BCUT2D eigenvalue weighted by atomic mass is 35.5. The molecule has 28 heavy (non-hydrogen) atoms. The Morgan fingerprint density at radius 3 is 2.25 bits per heavy atom. The third-order valence-electron chi connectivity index (χ3n) is 4.08. The van der Waals surface area contributed by atoms with Gasteiger partial charge in [-0.1, -0.05) is 18.5 Å². The highest BCUT2D eigenvalue weighted by Gasteiger charge is 2.31. The van der Waals surface area contributed by atoms with Gasteiger partial charge in [0, 0.05) is 5.69 Å². The lowest BCUT2D eigenvalue weighted by Gasteiger charge is -2.30. The van der Waals surface area contributed by atoms with Crippen LogP contribution in [0.3, 0.4) is 0 Å². The van der Waals surface area contributed by atoms with Crippen LogP contribution in [0.15, 0.2) is 42.5 Å². The van der Waals surface area contributed by atoms with Gasteiger partial charge >= 0.3 is 0 Å². The lowest BCUT2D eigenvalue weighted by Crippen LogP contribution is -2.47. The van der Waals surface area contributed by atoms with Gasteiger partial charge in [0.1, 0.15) is 17.5 Å². The molecule has 0 aliphatic carbocycles. The number of nitrogens with zero attached hydrogens (tertiary/aromatic N) is 1.